The minimum atomic E-state index is -0.402. The van der Waals surface area contributed by atoms with Gasteiger partial charge in [-0.2, -0.15) is 0 Å². The van der Waals surface area contributed by atoms with Gasteiger partial charge in [0.1, 0.15) is 11.9 Å². The summed E-state index contributed by atoms with van der Waals surface area (Å²) < 4.78 is 16.3. The maximum atomic E-state index is 6.40. The Morgan fingerprint density at radius 2 is 2.11 bits per heavy atom. The van der Waals surface area contributed by atoms with E-state index in [0.717, 1.165) is 5.56 Å². The van der Waals surface area contributed by atoms with Crippen molar-refractivity contribution in [3.05, 3.63) is 27.7 Å². The Kier molecular flexibility index (Phi) is 5.60. The zero-order valence-corrected chi connectivity index (χ0v) is 12.8. The van der Waals surface area contributed by atoms with Crippen LogP contribution in [0.15, 0.2) is 12.1 Å². The summed E-state index contributed by atoms with van der Waals surface area (Å²) in [6.07, 6.45) is -0.220. The van der Waals surface area contributed by atoms with E-state index in [0.29, 0.717) is 42.2 Å². The average molecular weight is 326 g/mol. The Morgan fingerprint density at radius 1 is 1.32 bits per heavy atom. The van der Waals surface area contributed by atoms with E-state index in [1.807, 2.05) is 6.92 Å². The van der Waals surface area contributed by atoms with Crippen LogP contribution in [0.3, 0.4) is 0 Å². The molecule has 106 valence electrons. The van der Waals surface area contributed by atoms with Crippen LogP contribution in [-0.4, -0.2) is 32.5 Å². The number of benzene rings is 1. The molecular weight excluding hydrogens is 310 g/mol. The molecule has 1 saturated heterocycles. The quantitative estimate of drug-likeness (QED) is 0.780. The van der Waals surface area contributed by atoms with Gasteiger partial charge in [-0.15, -0.1) is 11.6 Å². The third-order valence-corrected chi connectivity index (χ3v) is 3.96. The highest BCUT2D eigenvalue weighted by molar-refractivity contribution is 6.35. The molecule has 1 heterocycles. The van der Waals surface area contributed by atoms with Crippen molar-refractivity contribution >= 4 is 34.8 Å². The van der Waals surface area contributed by atoms with E-state index >= 15 is 0 Å². The lowest BCUT2D eigenvalue weighted by atomic mass is 10.1. The summed E-state index contributed by atoms with van der Waals surface area (Å²) in [5.41, 5.74) is 0.729. The minimum Gasteiger partial charge on any atom is -0.492 e. The summed E-state index contributed by atoms with van der Waals surface area (Å²) >= 11 is 18.8. The van der Waals surface area contributed by atoms with Crippen LogP contribution in [-0.2, 0) is 9.47 Å². The lowest BCUT2D eigenvalue weighted by molar-refractivity contribution is -0.0892. The van der Waals surface area contributed by atoms with Gasteiger partial charge in [-0.25, -0.2) is 0 Å². The molecule has 0 aliphatic carbocycles. The van der Waals surface area contributed by atoms with Crippen molar-refractivity contribution in [3.63, 3.8) is 0 Å². The molecule has 0 bridgehead atoms. The highest BCUT2D eigenvalue weighted by Gasteiger charge is 2.27. The van der Waals surface area contributed by atoms with Gasteiger partial charge < -0.3 is 14.2 Å². The summed E-state index contributed by atoms with van der Waals surface area (Å²) in [5, 5.41) is 0.603. The monoisotopic (exact) mass is 324 g/mol. The standard InChI is InChI=1S/C13H15Cl3O3/c1-2-18-11-6-9(14)8(5-10(11)15)13(16)12-7-17-3-4-19-12/h5-6,12-13H,2-4,7H2,1H3. The average Bonchev–Trinajstić information content (AvgIpc) is 2.43. The number of hydrogen-bond acceptors (Lipinski definition) is 3. The molecule has 0 aromatic heterocycles. The van der Waals surface area contributed by atoms with Gasteiger partial charge in [0.25, 0.3) is 0 Å². The lowest BCUT2D eigenvalue weighted by Crippen LogP contribution is -2.32. The van der Waals surface area contributed by atoms with Crippen molar-refractivity contribution in [2.24, 2.45) is 0 Å². The summed E-state index contributed by atoms with van der Waals surface area (Å²) in [7, 11) is 0. The van der Waals surface area contributed by atoms with E-state index < -0.39 is 5.38 Å². The molecule has 2 atom stereocenters. The molecule has 0 saturated carbocycles. The van der Waals surface area contributed by atoms with Crippen LogP contribution in [0.1, 0.15) is 17.9 Å². The first-order valence-corrected chi connectivity index (χ1v) is 7.28. The fourth-order valence-electron chi connectivity index (χ4n) is 1.90. The highest BCUT2D eigenvalue weighted by Crippen LogP contribution is 2.38. The Labute approximate surface area is 127 Å². The predicted molar refractivity (Wildman–Crippen MR) is 76.8 cm³/mol. The van der Waals surface area contributed by atoms with E-state index in [4.69, 9.17) is 49.0 Å². The Balaban J connectivity index is 2.21. The van der Waals surface area contributed by atoms with Crippen molar-refractivity contribution < 1.29 is 14.2 Å². The topological polar surface area (TPSA) is 27.7 Å². The van der Waals surface area contributed by atoms with E-state index in [2.05, 4.69) is 0 Å². The summed E-state index contributed by atoms with van der Waals surface area (Å²) in [4.78, 5) is 0. The predicted octanol–water partition coefficient (Wildman–Crippen LogP) is 4.09. The molecule has 1 aromatic carbocycles. The van der Waals surface area contributed by atoms with Gasteiger partial charge in [0.15, 0.2) is 0 Å². The maximum absolute atomic E-state index is 6.40. The molecule has 1 aliphatic rings. The molecule has 0 spiro atoms. The molecule has 2 rings (SSSR count). The van der Waals surface area contributed by atoms with Gasteiger partial charge in [-0.05, 0) is 18.6 Å². The number of alkyl halides is 1. The van der Waals surface area contributed by atoms with Gasteiger partial charge >= 0.3 is 0 Å². The van der Waals surface area contributed by atoms with Crippen LogP contribution in [0.2, 0.25) is 10.0 Å². The fraction of sp³-hybridized carbons (Fsp3) is 0.538. The van der Waals surface area contributed by atoms with Gasteiger partial charge in [0, 0.05) is 11.1 Å². The van der Waals surface area contributed by atoms with Crippen molar-refractivity contribution in [2.45, 2.75) is 18.4 Å². The molecule has 0 radical (unpaired) electrons. The first kappa shape index (κ1) is 15.2. The van der Waals surface area contributed by atoms with Crippen LogP contribution >= 0.6 is 34.8 Å². The first-order valence-electron chi connectivity index (χ1n) is 6.08. The molecular formula is C13H15Cl3O3. The number of ether oxygens (including phenoxy) is 3. The van der Waals surface area contributed by atoms with Crippen LogP contribution in [0.5, 0.6) is 5.75 Å². The van der Waals surface area contributed by atoms with Crippen LogP contribution in [0, 0.1) is 0 Å². The Bertz CT molecular complexity index is 433. The van der Waals surface area contributed by atoms with Gasteiger partial charge in [-0.3, -0.25) is 0 Å². The zero-order valence-electron chi connectivity index (χ0n) is 10.5. The Hall–Kier alpha value is -0.190. The SMILES string of the molecule is CCOc1cc(Cl)c(C(Cl)C2COCCO2)cc1Cl. The van der Waals surface area contributed by atoms with Crippen molar-refractivity contribution in [3.8, 4) is 5.75 Å². The van der Waals surface area contributed by atoms with E-state index in [-0.39, 0.29) is 6.10 Å². The normalized spacial score (nSPS) is 21.2. The molecule has 0 amide bonds. The van der Waals surface area contributed by atoms with Crippen molar-refractivity contribution in [1.29, 1.82) is 0 Å². The van der Waals surface area contributed by atoms with E-state index in [1.54, 1.807) is 12.1 Å². The molecule has 6 heteroatoms. The third kappa shape index (κ3) is 3.67. The largest absolute Gasteiger partial charge is 0.492 e. The Morgan fingerprint density at radius 3 is 2.74 bits per heavy atom. The van der Waals surface area contributed by atoms with Crippen LogP contribution in [0.4, 0.5) is 0 Å². The second kappa shape index (κ2) is 7.00. The second-order valence-electron chi connectivity index (χ2n) is 4.12. The highest BCUT2D eigenvalue weighted by atomic mass is 35.5. The fourth-order valence-corrected chi connectivity index (χ4v) is 2.78. The first-order chi connectivity index (χ1) is 9.13. The van der Waals surface area contributed by atoms with Gasteiger partial charge in [0.2, 0.25) is 0 Å². The van der Waals surface area contributed by atoms with Gasteiger partial charge in [0.05, 0.1) is 36.8 Å². The number of halogens is 3. The molecule has 1 aliphatic heterocycles. The molecule has 19 heavy (non-hydrogen) atoms. The second-order valence-corrected chi connectivity index (χ2v) is 5.41. The van der Waals surface area contributed by atoms with Crippen LogP contribution < -0.4 is 4.74 Å². The summed E-state index contributed by atoms with van der Waals surface area (Å²) in [6.45, 7) is 4.00. The molecule has 0 N–H and O–H groups in total. The summed E-state index contributed by atoms with van der Waals surface area (Å²) in [5.74, 6) is 0.558. The summed E-state index contributed by atoms with van der Waals surface area (Å²) in [6, 6.07) is 3.41. The van der Waals surface area contributed by atoms with Crippen molar-refractivity contribution in [1.82, 2.24) is 0 Å². The van der Waals surface area contributed by atoms with Gasteiger partial charge in [-0.1, -0.05) is 23.2 Å². The number of rotatable bonds is 4. The third-order valence-electron chi connectivity index (χ3n) is 2.82. The molecule has 2 unspecified atom stereocenters. The molecule has 3 nitrogen and oxygen atoms in total. The zero-order chi connectivity index (χ0) is 13.8. The molecule has 1 aromatic rings. The van der Waals surface area contributed by atoms with E-state index in [9.17, 15) is 0 Å². The maximum Gasteiger partial charge on any atom is 0.139 e. The lowest BCUT2D eigenvalue weighted by Gasteiger charge is -2.27. The van der Waals surface area contributed by atoms with E-state index in [1.165, 1.54) is 0 Å². The van der Waals surface area contributed by atoms with Crippen LogP contribution in [0.25, 0.3) is 0 Å². The smallest absolute Gasteiger partial charge is 0.139 e. The number of hydrogen-bond donors (Lipinski definition) is 0. The molecule has 1 fully saturated rings. The van der Waals surface area contributed by atoms with Crippen molar-refractivity contribution in [2.75, 3.05) is 26.4 Å². The minimum absolute atomic E-state index is 0.220.